The maximum atomic E-state index is 11.6. The van der Waals surface area contributed by atoms with Gasteiger partial charge in [0.25, 0.3) is 10.1 Å². The molecule has 0 aliphatic carbocycles. The Hall–Kier alpha value is -0.880. The minimum absolute atomic E-state index is 0.191. The molecule has 0 aliphatic heterocycles. The number of amides is 1. The summed E-state index contributed by atoms with van der Waals surface area (Å²) in [6.07, 6.45) is 6.18. The topological polar surface area (TPSA) is 83.5 Å². The fourth-order valence-corrected chi connectivity index (χ4v) is 2.47. The third-order valence-electron chi connectivity index (χ3n) is 3.34. The molecule has 0 radical (unpaired) electrons. The Labute approximate surface area is 122 Å². The number of nitrogens with one attached hydrogen (secondary N) is 1. The van der Waals surface area contributed by atoms with E-state index in [1.807, 2.05) is 0 Å². The van der Waals surface area contributed by atoms with Crippen LogP contribution in [0.1, 0.15) is 65.7 Å². The molecule has 6 heteroatoms. The van der Waals surface area contributed by atoms with Crippen LogP contribution in [0.5, 0.6) is 0 Å². The highest BCUT2D eigenvalue weighted by molar-refractivity contribution is 7.87. The Kier molecular flexibility index (Phi) is 8.05. The normalized spacial score (nSPS) is 14.6. The number of rotatable bonds is 10. The first-order valence-corrected chi connectivity index (χ1v) is 8.53. The van der Waals surface area contributed by atoms with E-state index < -0.39 is 20.9 Å². The summed E-state index contributed by atoms with van der Waals surface area (Å²) in [7, 11) is -4.36. The molecule has 20 heavy (non-hydrogen) atoms. The second-order valence-corrected chi connectivity index (χ2v) is 7.31. The molecule has 0 saturated carbocycles. The van der Waals surface area contributed by atoms with Crippen molar-refractivity contribution in [3.05, 3.63) is 12.2 Å². The highest BCUT2D eigenvalue weighted by Gasteiger charge is 2.38. The fourth-order valence-electron chi connectivity index (χ4n) is 1.85. The number of hydrogen-bond acceptors (Lipinski definition) is 3. The average molecular weight is 305 g/mol. The fraction of sp³-hybridized carbons (Fsp3) is 0.786. The third-order valence-corrected chi connectivity index (χ3v) is 4.79. The standard InChI is InChI=1S/C14H27NO4S/c1-5-6-7-8-9-10-11-14(4,20(17,18)19)15-13(16)12(2)3/h2,5-11H2,1,3-4H3,(H,15,16)(H,17,18,19). The van der Waals surface area contributed by atoms with Crippen LogP contribution in [0, 0.1) is 0 Å². The van der Waals surface area contributed by atoms with Gasteiger partial charge in [0.15, 0.2) is 4.87 Å². The largest absolute Gasteiger partial charge is 0.332 e. The van der Waals surface area contributed by atoms with Gasteiger partial charge in [0.05, 0.1) is 0 Å². The number of unbranched alkanes of at least 4 members (excludes halogenated alkanes) is 5. The van der Waals surface area contributed by atoms with Crippen LogP contribution >= 0.6 is 0 Å². The zero-order chi connectivity index (χ0) is 15.8. The van der Waals surface area contributed by atoms with Crippen LogP contribution in [0.15, 0.2) is 12.2 Å². The van der Waals surface area contributed by atoms with Crippen LogP contribution < -0.4 is 5.32 Å². The summed E-state index contributed by atoms with van der Waals surface area (Å²) in [5.74, 6) is -0.559. The first kappa shape index (κ1) is 19.1. The average Bonchev–Trinajstić information content (AvgIpc) is 2.32. The van der Waals surface area contributed by atoms with Crippen molar-refractivity contribution in [2.45, 2.75) is 70.6 Å². The van der Waals surface area contributed by atoms with Gasteiger partial charge in [-0.05, 0) is 26.7 Å². The van der Waals surface area contributed by atoms with Crippen LogP contribution in [0.25, 0.3) is 0 Å². The summed E-state index contributed by atoms with van der Waals surface area (Å²) in [5.41, 5.74) is 0.211. The van der Waals surface area contributed by atoms with Crippen molar-refractivity contribution >= 4 is 16.0 Å². The summed E-state index contributed by atoms with van der Waals surface area (Å²) < 4.78 is 32.3. The zero-order valence-corrected chi connectivity index (χ0v) is 13.6. The van der Waals surface area contributed by atoms with Crippen molar-refractivity contribution in [2.24, 2.45) is 0 Å². The molecular formula is C14H27NO4S. The lowest BCUT2D eigenvalue weighted by atomic mass is 10.1. The van der Waals surface area contributed by atoms with Crippen LogP contribution in [0.2, 0.25) is 0 Å². The maximum Gasteiger partial charge on any atom is 0.288 e. The number of carbonyl (C=O) groups is 1. The van der Waals surface area contributed by atoms with Gasteiger partial charge in [0, 0.05) is 5.57 Å². The molecule has 0 aromatic carbocycles. The summed E-state index contributed by atoms with van der Waals surface area (Å²) in [6.45, 7) is 8.41. The first-order valence-electron chi connectivity index (χ1n) is 7.09. The lowest BCUT2D eigenvalue weighted by Gasteiger charge is -2.27. The van der Waals surface area contributed by atoms with Gasteiger partial charge in [-0.3, -0.25) is 9.35 Å². The van der Waals surface area contributed by atoms with Crippen LogP contribution in [-0.4, -0.2) is 23.7 Å². The second kappa shape index (κ2) is 8.42. The van der Waals surface area contributed by atoms with E-state index in [1.165, 1.54) is 20.3 Å². The molecule has 0 rings (SSSR count). The Morgan fingerprint density at radius 2 is 1.70 bits per heavy atom. The van der Waals surface area contributed by atoms with Crippen molar-refractivity contribution in [2.75, 3.05) is 0 Å². The summed E-state index contributed by atoms with van der Waals surface area (Å²) in [6, 6.07) is 0. The monoisotopic (exact) mass is 305 g/mol. The molecule has 0 heterocycles. The SMILES string of the molecule is C=C(C)C(=O)NC(C)(CCCCCCCC)S(=O)(=O)O. The first-order chi connectivity index (χ1) is 9.14. The lowest BCUT2D eigenvalue weighted by Crippen LogP contribution is -2.52. The van der Waals surface area contributed by atoms with E-state index in [0.29, 0.717) is 6.42 Å². The van der Waals surface area contributed by atoms with Gasteiger partial charge < -0.3 is 5.32 Å². The van der Waals surface area contributed by atoms with Crippen LogP contribution in [0.4, 0.5) is 0 Å². The quantitative estimate of drug-likeness (QED) is 0.369. The van der Waals surface area contributed by atoms with Crippen molar-refractivity contribution in [3.8, 4) is 0 Å². The van der Waals surface area contributed by atoms with E-state index in [9.17, 15) is 17.8 Å². The molecule has 118 valence electrons. The van der Waals surface area contributed by atoms with Gasteiger partial charge in [0.1, 0.15) is 0 Å². The van der Waals surface area contributed by atoms with E-state index >= 15 is 0 Å². The molecule has 0 aliphatic rings. The van der Waals surface area contributed by atoms with Gasteiger partial charge in [-0.15, -0.1) is 0 Å². The van der Waals surface area contributed by atoms with Crippen molar-refractivity contribution in [1.82, 2.24) is 5.32 Å². The van der Waals surface area contributed by atoms with E-state index in [0.717, 1.165) is 25.7 Å². The second-order valence-electron chi connectivity index (χ2n) is 5.46. The van der Waals surface area contributed by atoms with Gasteiger partial charge in [-0.2, -0.15) is 8.42 Å². The molecule has 0 bridgehead atoms. The highest BCUT2D eigenvalue weighted by Crippen LogP contribution is 2.22. The highest BCUT2D eigenvalue weighted by atomic mass is 32.2. The third kappa shape index (κ3) is 6.52. The van der Waals surface area contributed by atoms with E-state index in [-0.39, 0.29) is 12.0 Å². The molecule has 0 fully saturated rings. The Bertz CT molecular complexity index is 430. The maximum absolute atomic E-state index is 11.6. The molecule has 0 saturated heterocycles. The minimum atomic E-state index is -4.36. The van der Waals surface area contributed by atoms with Gasteiger partial charge >= 0.3 is 0 Å². The number of hydrogen-bond donors (Lipinski definition) is 2. The number of carbonyl (C=O) groups excluding carboxylic acids is 1. The minimum Gasteiger partial charge on any atom is -0.332 e. The summed E-state index contributed by atoms with van der Waals surface area (Å²) in [4.78, 5) is 9.95. The van der Waals surface area contributed by atoms with E-state index in [1.54, 1.807) is 0 Å². The van der Waals surface area contributed by atoms with E-state index in [4.69, 9.17) is 0 Å². The van der Waals surface area contributed by atoms with Gasteiger partial charge in [0.2, 0.25) is 5.91 Å². The smallest absolute Gasteiger partial charge is 0.288 e. The predicted molar refractivity (Wildman–Crippen MR) is 80.9 cm³/mol. The Morgan fingerprint density at radius 3 is 2.15 bits per heavy atom. The molecule has 0 aromatic heterocycles. The lowest BCUT2D eigenvalue weighted by molar-refractivity contribution is -0.118. The van der Waals surface area contributed by atoms with Crippen LogP contribution in [-0.2, 0) is 14.9 Å². The molecule has 0 spiro atoms. The molecule has 0 aromatic rings. The molecule has 1 unspecified atom stereocenters. The van der Waals surface area contributed by atoms with E-state index in [2.05, 4.69) is 18.8 Å². The van der Waals surface area contributed by atoms with Gasteiger partial charge in [-0.25, -0.2) is 0 Å². The predicted octanol–water partition coefficient (Wildman–Crippen LogP) is 3.03. The van der Waals surface area contributed by atoms with Crippen molar-refractivity contribution in [3.63, 3.8) is 0 Å². The molecule has 2 N–H and O–H groups in total. The van der Waals surface area contributed by atoms with Crippen molar-refractivity contribution < 1.29 is 17.8 Å². The van der Waals surface area contributed by atoms with Gasteiger partial charge in [-0.1, -0.05) is 45.6 Å². The summed E-state index contributed by atoms with van der Waals surface area (Å²) in [5, 5.41) is 2.36. The zero-order valence-electron chi connectivity index (χ0n) is 12.7. The molecule has 1 amide bonds. The Balaban J connectivity index is 4.51. The Morgan fingerprint density at radius 1 is 1.20 bits per heavy atom. The summed E-state index contributed by atoms with van der Waals surface area (Å²) >= 11 is 0. The van der Waals surface area contributed by atoms with Crippen molar-refractivity contribution in [1.29, 1.82) is 0 Å². The molecular weight excluding hydrogens is 278 g/mol. The molecule has 5 nitrogen and oxygen atoms in total. The molecule has 1 atom stereocenters. The van der Waals surface area contributed by atoms with Crippen LogP contribution in [0.3, 0.4) is 0 Å².